The predicted octanol–water partition coefficient (Wildman–Crippen LogP) is 4.04. The molecule has 0 aliphatic rings. The zero-order valence-corrected chi connectivity index (χ0v) is 16.4. The average Bonchev–Trinajstić information content (AvgIpc) is 3.44. The van der Waals surface area contributed by atoms with Crippen molar-refractivity contribution in [1.82, 2.24) is 25.0 Å². The van der Waals surface area contributed by atoms with E-state index in [-0.39, 0.29) is 40.1 Å². The number of nitrogens with zero attached hydrogens (tertiary/aromatic N) is 5. The fourth-order valence-corrected chi connectivity index (χ4v) is 2.87. The molecule has 0 saturated heterocycles. The van der Waals surface area contributed by atoms with Gasteiger partial charge in [0.25, 0.3) is 5.89 Å². The Labute approximate surface area is 177 Å². The molecule has 0 radical (unpaired) electrons. The van der Waals surface area contributed by atoms with E-state index in [2.05, 4.69) is 25.0 Å². The number of hydrogen-bond donors (Lipinski definition) is 0. The molecule has 2 aromatic carbocycles. The van der Waals surface area contributed by atoms with Gasteiger partial charge >= 0.3 is 6.36 Å². The van der Waals surface area contributed by atoms with Crippen molar-refractivity contribution in [2.24, 2.45) is 0 Å². The average molecular weight is 451 g/mol. The van der Waals surface area contributed by atoms with Crippen molar-refractivity contribution in [3.8, 4) is 45.8 Å². The highest BCUT2D eigenvalue weighted by atomic mass is 19.4. The number of rotatable bonds is 6. The van der Waals surface area contributed by atoms with Gasteiger partial charge in [-0.25, -0.2) is 14.1 Å². The maximum absolute atomic E-state index is 14.6. The summed E-state index contributed by atoms with van der Waals surface area (Å²) in [5.41, 5.74) is 0.239. The molecule has 0 bridgehead atoms. The molecule has 0 fully saturated rings. The molecule has 32 heavy (non-hydrogen) atoms. The Hall–Kier alpha value is -4.16. The third-order valence-electron chi connectivity index (χ3n) is 4.23. The Bertz CT molecular complexity index is 1240. The quantitative estimate of drug-likeness (QED) is 0.405. The lowest BCUT2D eigenvalue weighted by Gasteiger charge is -2.12. The maximum Gasteiger partial charge on any atom is 0.573 e. The van der Waals surface area contributed by atoms with Crippen LogP contribution in [0, 0.1) is 5.82 Å². The summed E-state index contributed by atoms with van der Waals surface area (Å²) in [7, 11) is 2.72. The van der Waals surface area contributed by atoms with Gasteiger partial charge in [0.1, 0.15) is 24.2 Å². The molecule has 9 nitrogen and oxygen atoms in total. The van der Waals surface area contributed by atoms with Crippen molar-refractivity contribution in [2.75, 3.05) is 14.2 Å². The number of aromatic nitrogens is 5. The van der Waals surface area contributed by atoms with Gasteiger partial charge in [-0.05, 0) is 24.3 Å². The lowest BCUT2D eigenvalue weighted by atomic mass is 10.1. The minimum atomic E-state index is -4.91. The molecule has 2 heterocycles. The molecular formula is C19H13F4N5O4. The molecule has 0 atom stereocenters. The van der Waals surface area contributed by atoms with E-state index in [1.807, 2.05) is 0 Å². The molecule has 4 rings (SSSR count). The summed E-state index contributed by atoms with van der Waals surface area (Å²) in [5.74, 6) is -1.32. The molecule has 0 aliphatic carbocycles. The second-order valence-corrected chi connectivity index (χ2v) is 6.17. The molecule has 166 valence electrons. The summed E-state index contributed by atoms with van der Waals surface area (Å²) in [6.07, 6.45) is -2.34. The summed E-state index contributed by atoms with van der Waals surface area (Å²) < 4.78 is 73.7. The number of hydrogen-bond acceptors (Lipinski definition) is 8. The smallest absolute Gasteiger partial charge is 0.493 e. The van der Waals surface area contributed by atoms with Gasteiger partial charge in [0.05, 0.1) is 31.0 Å². The number of halogens is 4. The van der Waals surface area contributed by atoms with Gasteiger partial charge < -0.3 is 18.6 Å². The monoisotopic (exact) mass is 451 g/mol. The Kier molecular flexibility index (Phi) is 5.38. The Morgan fingerprint density at radius 3 is 2.25 bits per heavy atom. The third kappa shape index (κ3) is 4.17. The third-order valence-corrected chi connectivity index (χ3v) is 4.23. The Balaban J connectivity index is 1.80. The largest absolute Gasteiger partial charge is 0.573 e. The van der Waals surface area contributed by atoms with Crippen LogP contribution in [-0.4, -0.2) is 45.5 Å². The highest BCUT2D eigenvalue weighted by molar-refractivity contribution is 5.69. The van der Waals surface area contributed by atoms with Crippen LogP contribution in [-0.2, 0) is 0 Å². The maximum atomic E-state index is 14.6. The van der Waals surface area contributed by atoms with Crippen LogP contribution in [0.5, 0.6) is 17.2 Å². The van der Waals surface area contributed by atoms with Crippen LogP contribution < -0.4 is 14.2 Å². The van der Waals surface area contributed by atoms with Crippen molar-refractivity contribution in [3.63, 3.8) is 0 Å². The van der Waals surface area contributed by atoms with Crippen LogP contribution in [0.2, 0.25) is 0 Å². The molecule has 4 aromatic rings. The van der Waals surface area contributed by atoms with E-state index in [0.717, 1.165) is 18.2 Å². The normalized spacial score (nSPS) is 11.4. The predicted molar refractivity (Wildman–Crippen MR) is 99.8 cm³/mol. The number of alkyl halides is 3. The first-order valence-corrected chi connectivity index (χ1v) is 8.79. The molecule has 0 spiro atoms. The number of benzene rings is 2. The minimum Gasteiger partial charge on any atom is -0.493 e. The van der Waals surface area contributed by atoms with E-state index in [0.29, 0.717) is 0 Å². The van der Waals surface area contributed by atoms with Gasteiger partial charge in [0.15, 0.2) is 11.5 Å². The lowest BCUT2D eigenvalue weighted by molar-refractivity contribution is -0.274. The Morgan fingerprint density at radius 2 is 1.62 bits per heavy atom. The molecule has 0 unspecified atom stereocenters. The second kappa shape index (κ2) is 8.17. The zero-order valence-electron chi connectivity index (χ0n) is 16.4. The zero-order chi connectivity index (χ0) is 22.9. The van der Waals surface area contributed by atoms with Gasteiger partial charge in [-0.2, -0.15) is 5.10 Å². The minimum absolute atomic E-state index is 0.0527. The first kappa shape index (κ1) is 21.1. The fourth-order valence-electron chi connectivity index (χ4n) is 2.87. The summed E-state index contributed by atoms with van der Waals surface area (Å²) in [6, 6.07) is 5.83. The molecule has 0 amide bonds. The number of methoxy groups -OCH3 is 2. The number of ether oxygens (including phenoxy) is 3. The lowest BCUT2D eigenvalue weighted by Crippen LogP contribution is -2.17. The van der Waals surface area contributed by atoms with E-state index in [1.165, 1.54) is 43.7 Å². The highest BCUT2D eigenvalue weighted by Crippen LogP contribution is 2.37. The van der Waals surface area contributed by atoms with Crippen molar-refractivity contribution in [1.29, 1.82) is 0 Å². The van der Waals surface area contributed by atoms with E-state index in [1.54, 1.807) is 0 Å². The summed E-state index contributed by atoms with van der Waals surface area (Å²) in [4.78, 5) is 3.81. The topological polar surface area (TPSA) is 97.3 Å². The van der Waals surface area contributed by atoms with Gasteiger partial charge in [-0.3, -0.25) is 0 Å². The van der Waals surface area contributed by atoms with Crippen LogP contribution in [0.3, 0.4) is 0 Å². The van der Waals surface area contributed by atoms with Gasteiger partial charge in [0.2, 0.25) is 5.89 Å². The van der Waals surface area contributed by atoms with Crippen molar-refractivity contribution >= 4 is 0 Å². The van der Waals surface area contributed by atoms with E-state index < -0.39 is 17.9 Å². The first-order chi connectivity index (χ1) is 15.3. The van der Waals surface area contributed by atoms with Crippen LogP contribution in [0.1, 0.15) is 0 Å². The summed E-state index contributed by atoms with van der Waals surface area (Å²) >= 11 is 0. The molecule has 0 N–H and O–H groups in total. The van der Waals surface area contributed by atoms with Crippen LogP contribution in [0.15, 0.2) is 47.4 Å². The van der Waals surface area contributed by atoms with Gasteiger partial charge in [0, 0.05) is 6.07 Å². The van der Waals surface area contributed by atoms with E-state index >= 15 is 0 Å². The van der Waals surface area contributed by atoms with Crippen LogP contribution in [0.25, 0.3) is 28.6 Å². The van der Waals surface area contributed by atoms with Crippen LogP contribution in [0.4, 0.5) is 17.6 Å². The van der Waals surface area contributed by atoms with Gasteiger partial charge in [-0.15, -0.1) is 23.4 Å². The molecule has 0 aliphatic heterocycles. The SMILES string of the molecule is COc1cc(F)c(-c2nnc(-c3cc(OC(F)(F)F)ccc3-n3cncn3)o2)cc1OC. The Morgan fingerprint density at radius 1 is 0.938 bits per heavy atom. The highest BCUT2D eigenvalue weighted by Gasteiger charge is 2.32. The van der Waals surface area contributed by atoms with E-state index in [9.17, 15) is 17.6 Å². The van der Waals surface area contributed by atoms with Crippen LogP contribution >= 0.6 is 0 Å². The van der Waals surface area contributed by atoms with Crippen molar-refractivity contribution in [2.45, 2.75) is 6.36 Å². The molecular weight excluding hydrogens is 438 g/mol. The first-order valence-electron chi connectivity index (χ1n) is 8.79. The standard InChI is InChI=1S/C19H13F4N5O4/c1-29-15-6-11(13(20)7-16(15)30-2)17-26-27-18(31-17)12-5-10(32-19(21,22)23)3-4-14(12)28-9-24-8-25-28/h3-9H,1-2H3. The van der Waals surface area contributed by atoms with E-state index in [4.69, 9.17) is 13.9 Å². The molecule has 0 saturated carbocycles. The van der Waals surface area contributed by atoms with Gasteiger partial charge in [-0.1, -0.05) is 0 Å². The van der Waals surface area contributed by atoms with Crippen molar-refractivity contribution in [3.05, 3.63) is 48.8 Å². The summed E-state index contributed by atoms with van der Waals surface area (Å²) in [5, 5.41) is 11.6. The van der Waals surface area contributed by atoms with Crippen molar-refractivity contribution < 1.29 is 36.2 Å². The molecule has 2 aromatic heterocycles. The molecule has 13 heteroatoms. The summed E-state index contributed by atoms with van der Waals surface area (Å²) in [6.45, 7) is 0. The second-order valence-electron chi connectivity index (χ2n) is 6.17. The fraction of sp³-hybridized carbons (Fsp3) is 0.158.